The molecule has 0 fully saturated rings. The molecule has 1 aliphatic rings. The van der Waals surface area contributed by atoms with Crippen LogP contribution >= 0.6 is 11.8 Å². The maximum atomic E-state index is 12.2. The molecular weight excluding hydrogens is 322 g/mol. The monoisotopic (exact) mass is 341 g/mol. The summed E-state index contributed by atoms with van der Waals surface area (Å²) in [7, 11) is 0. The van der Waals surface area contributed by atoms with Crippen LogP contribution in [0.5, 0.6) is 0 Å². The zero-order valence-electron chi connectivity index (χ0n) is 14.0. The molecule has 0 spiro atoms. The van der Waals surface area contributed by atoms with Gasteiger partial charge >= 0.3 is 5.97 Å². The molecule has 0 aliphatic carbocycles. The number of nitrogens with zero attached hydrogens (tertiary/aromatic N) is 1. The topological polar surface area (TPSA) is 56.3 Å². The first-order valence-electron chi connectivity index (χ1n) is 7.84. The van der Waals surface area contributed by atoms with Gasteiger partial charge in [-0.25, -0.2) is 9.78 Å². The van der Waals surface area contributed by atoms with Crippen molar-refractivity contribution in [2.75, 3.05) is 5.75 Å². The number of pyridine rings is 1. The molecule has 3 rings (SSSR count). The van der Waals surface area contributed by atoms with Crippen LogP contribution in [0.2, 0.25) is 0 Å². The molecule has 2 heterocycles. The van der Waals surface area contributed by atoms with E-state index in [-0.39, 0.29) is 11.5 Å². The van der Waals surface area contributed by atoms with Gasteiger partial charge in [0, 0.05) is 28.2 Å². The highest BCUT2D eigenvalue weighted by Crippen LogP contribution is 2.32. The molecule has 1 aromatic carbocycles. The quantitative estimate of drug-likeness (QED) is 0.759. The zero-order chi connectivity index (χ0) is 17.3. The van der Waals surface area contributed by atoms with Crippen molar-refractivity contribution in [3.05, 3.63) is 47.7 Å². The van der Waals surface area contributed by atoms with Gasteiger partial charge in [0.1, 0.15) is 11.3 Å². The maximum Gasteiger partial charge on any atom is 0.357 e. The Labute approximate surface area is 145 Å². The first kappa shape index (κ1) is 16.7. The van der Waals surface area contributed by atoms with Gasteiger partial charge in [-0.05, 0) is 45.0 Å². The minimum atomic E-state index is -0.565. The normalized spacial score (nSPS) is 14.2. The van der Waals surface area contributed by atoms with Crippen LogP contribution in [0.15, 0.2) is 41.3 Å². The SMILES string of the molecule is CC(C)(C)OC(=O)c1cccc(-c2ccc3c(c2)C(=O)CCS3)n1. The number of aromatic nitrogens is 1. The van der Waals surface area contributed by atoms with Gasteiger partial charge in [0.2, 0.25) is 0 Å². The third kappa shape index (κ3) is 3.67. The number of ketones is 1. The maximum absolute atomic E-state index is 12.2. The Morgan fingerprint density at radius 1 is 1.21 bits per heavy atom. The van der Waals surface area contributed by atoms with E-state index in [0.717, 1.165) is 21.8 Å². The average Bonchev–Trinajstić information content (AvgIpc) is 2.53. The van der Waals surface area contributed by atoms with Gasteiger partial charge in [-0.1, -0.05) is 12.1 Å². The van der Waals surface area contributed by atoms with Crippen molar-refractivity contribution in [1.82, 2.24) is 4.98 Å². The summed E-state index contributed by atoms with van der Waals surface area (Å²) in [5.41, 5.74) is 1.93. The lowest BCUT2D eigenvalue weighted by molar-refractivity contribution is 0.00629. The zero-order valence-corrected chi connectivity index (χ0v) is 14.8. The van der Waals surface area contributed by atoms with Crippen molar-refractivity contribution >= 4 is 23.5 Å². The molecule has 0 bridgehead atoms. The molecular formula is C19H19NO3S. The Bertz CT molecular complexity index is 808. The fraction of sp³-hybridized carbons (Fsp3) is 0.316. The van der Waals surface area contributed by atoms with Gasteiger partial charge in [0.25, 0.3) is 0 Å². The van der Waals surface area contributed by atoms with E-state index < -0.39 is 11.6 Å². The van der Waals surface area contributed by atoms with Crippen LogP contribution in [0.3, 0.4) is 0 Å². The first-order valence-corrected chi connectivity index (χ1v) is 8.83. The molecule has 0 saturated carbocycles. The van der Waals surface area contributed by atoms with E-state index in [1.165, 1.54) is 0 Å². The van der Waals surface area contributed by atoms with Crippen LogP contribution < -0.4 is 0 Å². The Kier molecular flexibility index (Phi) is 4.45. The van der Waals surface area contributed by atoms with Crippen molar-refractivity contribution in [2.24, 2.45) is 0 Å². The second kappa shape index (κ2) is 6.40. The summed E-state index contributed by atoms with van der Waals surface area (Å²) in [5, 5.41) is 0. The predicted octanol–water partition coefficient (Wildman–Crippen LogP) is 4.38. The van der Waals surface area contributed by atoms with E-state index in [1.54, 1.807) is 23.9 Å². The summed E-state index contributed by atoms with van der Waals surface area (Å²) in [5.74, 6) is 0.542. The highest BCUT2D eigenvalue weighted by atomic mass is 32.2. The molecule has 1 aliphatic heterocycles. The molecule has 0 unspecified atom stereocenters. The number of carbonyl (C=O) groups excluding carboxylic acids is 2. The third-order valence-electron chi connectivity index (χ3n) is 3.52. The molecule has 0 saturated heterocycles. The number of hydrogen-bond acceptors (Lipinski definition) is 5. The Hall–Kier alpha value is -2.14. The second-order valence-electron chi connectivity index (χ2n) is 6.64. The Morgan fingerprint density at radius 2 is 2.00 bits per heavy atom. The third-order valence-corrected chi connectivity index (χ3v) is 4.59. The highest BCUT2D eigenvalue weighted by molar-refractivity contribution is 7.99. The van der Waals surface area contributed by atoms with Gasteiger partial charge in [-0.2, -0.15) is 0 Å². The Morgan fingerprint density at radius 3 is 2.75 bits per heavy atom. The predicted molar refractivity (Wildman–Crippen MR) is 94.5 cm³/mol. The number of rotatable bonds is 2. The molecule has 1 aromatic heterocycles. The molecule has 5 heteroatoms. The number of benzene rings is 1. The van der Waals surface area contributed by atoms with E-state index in [1.807, 2.05) is 45.0 Å². The minimum Gasteiger partial charge on any atom is -0.455 e. The summed E-state index contributed by atoms with van der Waals surface area (Å²) in [6, 6.07) is 11.0. The van der Waals surface area contributed by atoms with Gasteiger partial charge in [0.05, 0.1) is 5.69 Å². The van der Waals surface area contributed by atoms with E-state index in [0.29, 0.717) is 12.1 Å². The van der Waals surface area contributed by atoms with E-state index in [2.05, 4.69) is 4.98 Å². The van der Waals surface area contributed by atoms with Crippen molar-refractivity contribution < 1.29 is 14.3 Å². The number of hydrogen-bond donors (Lipinski definition) is 0. The summed E-state index contributed by atoms with van der Waals surface area (Å²) in [6.45, 7) is 5.46. The second-order valence-corrected chi connectivity index (χ2v) is 7.78. The van der Waals surface area contributed by atoms with Gasteiger partial charge in [0.15, 0.2) is 5.78 Å². The number of ether oxygens (including phenoxy) is 1. The first-order chi connectivity index (χ1) is 11.3. The van der Waals surface area contributed by atoms with Gasteiger partial charge in [-0.15, -0.1) is 11.8 Å². The van der Waals surface area contributed by atoms with Crippen LogP contribution in [0.1, 0.15) is 48.0 Å². The molecule has 0 amide bonds. The number of thioether (sulfide) groups is 1. The van der Waals surface area contributed by atoms with Crippen LogP contribution in [-0.4, -0.2) is 28.1 Å². The van der Waals surface area contributed by atoms with Gasteiger partial charge < -0.3 is 4.74 Å². The van der Waals surface area contributed by atoms with Gasteiger partial charge in [-0.3, -0.25) is 4.79 Å². The van der Waals surface area contributed by atoms with Crippen molar-refractivity contribution in [3.63, 3.8) is 0 Å². The molecule has 4 nitrogen and oxygen atoms in total. The lowest BCUT2D eigenvalue weighted by Crippen LogP contribution is -2.24. The average molecular weight is 341 g/mol. The smallest absolute Gasteiger partial charge is 0.357 e. The largest absolute Gasteiger partial charge is 0.455 e. The van der Waals surface area contributed by atoms with Crippen LogP contribution in [0, 0.1) is 0 Å². The lowest BCUT2D eigenvalue weighted by atomic mass is 10.0. The molecule has 0 N–H and O–H groups in total. The summed E-state index contributed by atoms with van der Waals surface area (Å²) >= 11 is 1.70. The van der Waals surface area contributed by atoms with Crippen molar-refractivity contribution in [3.8, 4) is 11.3 Å². The van der Waals surface area contributed by atoms with Crippen molar-refractivity contribution in [1.29, 1.82) is 0 Å². The molecule has 24 heavy (non-hydrogen) atoms. The number of esters is 1. The molecule has 2 aromatic rings. The van der Waals surface area contributed by atoms with E-state index >= 15 is 0 Å². The van der Waals surface area contributed by atoms with E-state index in [9.17, 15) is 9.59 Å². The molecule has 0 atom stereocenters. The lowest BCUT2D eigenvalue weighted by Gasteiger charge is -2.19. The fourth-order valence-electron chi connectivity index (χ4n) is 2.46. The standard InChI is InChI=1S/C19H19NO3S/c1-19(2,3)23-18(22)15-6-4-5-14(20-15)12-7-8-17-13(11-12)16(21)9-10-24-17/h4-8,11H,9-10H2,1-3H3. The number of Topliss-reactive ketones (excluding diaryl/α,β-unsaturated/α-hetero) is 1. The summed E-state index contributed by atoms with van der Waals surface area (Å²) < 4.78 is 5.36. The molecule has 124 valence electrons. The van der Waals surface area contributed by atoms with Crippen molar-refractivity contribution in [2.45, 2.75) is 37.7 Å². The number of carbonyl (C=O) groups is 2. The molecule has 0 radical (unpaired) electrons. The van der Waals surface area contributed by atoms with Crippen LogP contribution in [0.4, 0.5) is 0 Å². The van der Waals surface area contributed by atoms with E-state index in [4.69, 9.17) is 4.74 Å². The summed E-state index contributed by atoms with van der Waals surface area (Å²) in [6.07, 6.45) is 0.562. The van der Waals surface area contributed by atoms with Crippen LogP contribution in [0.25, 0.3) is 11.3 Å². The fourth-order valence-corrected chi connectivity index (χ4v) is 3.46. The highest BCUT2D eigenvalue weighted by Gasteiger charge is 2.21. The summed E-state index contributed by atoms with van der Waals surface area (Å²) in [4.78, 5) is 29.7. The van der Waals surface area contributed by atoms with Crippen LogP contribution in [-0.2, 0) is 4.74 Å². The Balaban J connectivity index is 1.93. The number of fused-ring (bicyclic) bond motifs is 1. The minimum absolute atomic E-state index is 0.161.